The van der Waals surface area contributed by atoms with Gasteiger partial charge in [0.25, 0.3) is 0 Å². The number of benzene rings is 1. The van der Waals surface area contributed by atoms with Crippen LogP contribution in [-0.2, 0) is 0 Å². The molecule has 0 spiro atoms. The van der Waals surface area contributed by atoms with E-state index in [2.05, 4.69) is 31.2 Å². The highest BCUT2D eigenvalue weighted by Gasteiger charge is 2.08. The van der Waals surface area contributed by atoms with Crippen molar-refractivity contribution in [3.05, 3.63) is 39.0 Å². The van der Waals surface area contributed by atoms with Crippen LogP contribution in [0.4, 0.5) is 17.3 Å². The van der Waals surface area contributed by atoms with Gasteiger partial charge in [0.15, 0.2) is 5.82 Å². The Morgan fingerprint density at radius 3 is 2.71 bits per heavy atom. The van der Waals surface area contributed by atoms with E-state index in [0.717, 1.165) is 4.47 Å². The number of nitrogen functional groups attached to an aromatic ring is 1. The van der Waals surface area contributed by atoms with Gasteiger partial charge in [-0.25, -0.2) is 9.97 Å². The summed E-state index contributed by atoms with van der Waals surface area (Å²) >= 11 is 15.3. The van der Waals surface area contributed by atoms with Gasteiger partial charge in [-0.2, -0.15) is 0 Å². The lowest BCUT2D eigenvalue weighted by Crippen LogP contribution is -1.99. The standard InChI is InChI=1S/C10H7BrCl2N4/c11-5-1-2-7(6(12)3-5)17-10-8(13)9(14)15-4-16-10/h1-4H,(H3,14,15,16,17). The molecule has 1 aromatic carbocycles. The molecule has 0 amide bonds. The minimum absolute atomic E-state index is 0.220. The van der Waals surface area contributed by atoms with Crippen molar-refractivity contribution < 1.29 is 0 Å². The molecule has 88 valence electrons. The highest BCUT2D eigenvalue weighted by atomic mass is 79.9. The number of hydrogen-bond donors (Lipinski definition) is 2. The molecule has 4 nitrogen and oxygen atoms in total. The van der Waals surface area contributed by atoms with Gasteiger partial charge in [0.2, 0.25) is 0 Å². The van der Waals surface area contributed by atoms with Crippen LogP contribution < -0.4 is 11.1 Å². The third-order valence-corrected chi connectivity index (χ3v) is 3.18. The molecule has 0 bridgehead atoms. The van der Waals surface area contributed by atoms with E-state index in [-0.39, 0.29) is 10.8 Å². The first kappa shape index (κ1) is 12.4. The van der Waals surface area contributed by atoms with E-state index >= 15 is 0 Å². The second-order valence-electron chi connectivity index (χ2n) is 3.17. The van der Waals surface area contributed by atoms with Crippen molar-refractivity contribution in [3.63, 3.8) is 0 Å². The van der Waals surface area contributed by atoms with Gasteiger partial charge in [0.05, 0.1) is 10.7 Å². The molecule has 2 aromatic rings. The summed E-state index contributed by atoms with van der Waals surface area (Å²) < 4.78 is 0.890. The summed E-state index contributed by atoms with van der Waals surface area (Å²) in [5.41, 5.74) is 6.26. The van der Waals surface area contributed by atoms with Crippen LogP contribution in [0.3, 0.4) is 0 Å². The number of nitrogens with zero attached hydrogens (tertiary/aromatic N) is 2. The number of halogens is 3. The first-order valence-electron chi connectivity index (χ1n) is 4.56. The fourth-order valence-electron chi connectivity index (χ4n) is 1.19. The maximum atomic E-state index is 6.06. The van der Waals surface area contributed by atoms with Gasteiger partial charge >= 0.3 is 0 Å². The summed E-state index contributed by atoms with van der Waals surface area (Å²) in [4.78, 5) is 7.77. The number of nitrogens with two attached hydrogens (primary N) is 1. The first-order chi connectivity index (χ1) is 8.08. The Balaban J connectivity index is 2.35. The molecule has 3 N–H and O–H groups in total. The molecule has 0 aliphatic heterocycles. The van der Waals surface area contributed by atoms with E-state index in [0.29, 0.717) is 16.5 Å². The summed E-state index contributed by atoms with van der Waals surface area (Å²) in [7, 11) is 0. The highest BCUT2D eigenvalue weighted by Crippen LogP contribution is 2.31. The van der Waals surface area contributed by atoms with Gasteiger partial charge < -0.3 is 11.1 Å². The Hall–Kier alpha value is -1.04. The van der Waals surface area contributed by atoms with E-state index in [1.807, 2.05) is 6.07 Å². The van der Waals surface area contributed by atoms with Gasteiger partial charge in [-0.15, -0.1) is 0 Å². The maximum Gasteiger partial charge on any atom is 0.154 e. The third kappa shape index (κ3) is 2.80. The molecule has 0 aliphatic carbocycles. The minimum atomic E-state index is 0.220. The van der Waals surface area contributed by atoms with Crippen LogP contribution in [0.25, 0.3) is 0 Å². The van der Waals surface area contributed by atoms with Crippen LogP contribution in [0.2, 0.25) is 10.0 Å². The van der Waals surface area contributed by atoms with Crippen molar-refractivity contribution in [3.8, 4) is 0 Å². The molecule has 7 heteroatoms. The molecule has 0 saturated heterocycles. The topological polar surface area (TPSA) is 63.8 Å². The monoisotopic (exact) mass is 332 g/mol. The average Bonchev–Trinajstić information content (AvgIpc) is 2.28. The minimum Gasteiger partial charge on any atom is -0.382 e. The summed E-state index contributed by atoms with van der Waals surface area (Å²) in [6.45, 7) is 0. The zero-order valence-corrected chi connectivity index (χ0v) is 11.5. The number of nitrogens with one attached hydrogen (secondary N) is 1. The second kappa shape index (κ2) is 5.08. The molecular weight excluding hydrogens is 327 g/mol. The molecule has 0 fully saturated rings. The molecule has 0 aliphatic rings. The number of aromatic nitrogens is 2. The Labute approximate surface area is 116 Å². The summed E-state index contributed by atoms with van der Waals surface area (Å²) in [6, 6.07) is 5.43. The molecule has 1 aromatic heterocycles. The molecule has 17 heavy (non-hydrogen) atoms. The van der Waals surface area contributed by atoms with Crippen LogP contribution in [0.1, 0.15) is 0 Å². The van der Waals surface area contributed by atoms with Crippen LogP contribution >= 0.6 is 39.1 Å². The molecule has 0 unspecified atom stereocenters. The van der Waals surface area contributed by atoms with Gasteiger partial charge in [0, 0.05) is 4.47 Å². The SMILES string of the molecule is Nc1ncnc(Nc2ccc(Br)cc2Cl)c1Cl. The molecule has 0 atom stereocenters. The number of anilines is 3. The molecule has 0 radical (unpaired) electrons. The van der Waals surface area contributed by atoms with Crippen molar-refractivity contribution in [1.29, 1.82) is 0 Å². The molecule has 2 rings (SSSR count). The second-order valence-corrected chi connectivity index (χ2v) is 4.87. The van der Waals surface area contributed by atoms with E-state index in [1.165, 1.54) is 6.33 Å². The lowest BCUT2D eigenvalue weighted by molar-refractivity contribution is 1.18. The Bertz CT molecular complexity index is 562. The average molecular weight is 334 g/mol. The molecule has 1 heterocycles. The highest BCUT2D eigenvalue weighted by molar-refractivity contribution is 9.10. The smallest absolute Gasteiger partial charge is 0.154 e. The van der Waals surface area contributed by atoms with E-state index in [9.17, 15) is 0 Å². The fraction of sp³-hybridized carbons (Fsp3) is 0. The van der Waals surface area contributed by atoms with E-state index < -0.39 is 0 Å². The predicted molar refractivity (Wildman–Crippen MR) is 73.9 cm³/mol. The van der Waals surface area contributed by atoms with Crippen LogP contribution in [0.15, 0.2) is 29.0 Å². The Kier molecular flexibility index (Phi) is 3.71. The zero-order chi connectivity index (χ0) is 12.4. The lowest BCUT2D eigenvalue weighted by Gasteiger charge is -2.09. The normalized spacial score (nSPS) is 10.3. The number of rotatable bonds is 2. The van der Waals surface area contributed by atoms with E-state index in [4.69, 9.17) is 28.9 Å². The van der Waals surface area contributed by atoms with Crippen molar-refractivity contribution in [2.45, 2.75) is 0 Å². The lowest BCUT2D eigenvalue weighted by atomic mass is 10.3. The van der Waals surface area contributed by atoms with Crippen molar-refractivity contribution in [2.24, 2.45) is 0 Å². The van der Waals surface area contributed by atoms with Crippen molar-refractivity contribution in [1.82, 2.24) is 9.97 Å². The molecular formula is C10H7BrCl2N4. The number of hydrogen-bond acceptors (Lipinski definition) is 4. The van der Waals surface area contributed by atoms with Gasteiger partial charge in [-0.1, -0.05) is 39.1 Å². The maximum absolute atomic E-state index is 6.06. The summed E-state index contributed by atoms with van der Waals surface area (Å²) in [5.74, 6) is 0.640. The predicted octanol–water partition coefficient (Wildman–Crippen LogP) is 3.87. The van der Waals surface area contributed by atoms with Crippen molar-refractivity contribution in [2.75, 3.05) is 11.1 Å². The van der Waals surface area contributed by atoms with Crippen LogP contribution in [-0.4, -0.2) is 9.97 Å². The molecule has 0 saturated carbocycles. The third-order valence-electron chi connectivity index (χ3n) is 2.00. The van der Waals surface area contributed by atoms with Crippen molar-refractivity contribution >= 4 is 56.5 Å². The summed E-state index contributed by atoms with van der Waals surface area (Å²) in [5, 5.41) is 3.81. The fourth-order valence-corrected chi connectivity index (χ4v) is 2.05. The zero-order valence-electron chi connectivity index (χ0n) is 8.42. The Morgan fingerprint density at radius 1 is 1.24 bits per heavy atom. The van der Waals surface area contributed by atoms with Crippen LogP contribution in [0.5, 0.6) is 0 Å². The van der Waals surface area contributed by atoms with E-state index in [1.54, 1.807) is 12.1 Å². The largest absolute Gasteiger partial charge is 0.382 e. The van der Waals surface area contributed by atoms with Gasteiger partial charge in [-0.3, -0.25) is 0 Å². The van der Waals surface area contributed by atoms with Gasteiger partial charge in [-0.05, 0) is 18.2 Å². The van der Waals surface area contributed by atoms with Crippen LogP contribution in [0, 0.1) is 0 Å². The summed E-state index contributed by atoms with van der Waals surface area (Å²) in [6.07, 6.45) is 1.33. The quantitative estimate of drug-likeness (QED) is 0.875. The van der Waals surface area contributed by atoms with Gasteiger partial charge in [0.1, 0.15) is 17.2 Å². The Morgan fingerprint density at radius 2 is 2.00 bits per heavy atom. The first-order valence-corrected chi connectivity index (χ1v) is 6.11.